The van der Waals surface area contributed by atoms with Crippen LogP contribution >= 0.6 is 0 Å². The average Bonchev–Trinajstić information content (AvgIpc) is 2.81. The van der Waals surface area contributed by atoms with Gasteiger partial charge in [-0.15, -0.1) is 5.10 Å². The molecule has 19 heavy (non-hydrogen) atoms. The van der Waals surface area contributed by atoms with Crippen molar-refractivity contribution in [2.24, 2.45) is 5.73 Å². The molecule has 0 fully saturated rings. The zero-order chi connectivity index (χ0) is 14.0. The van der Waals surface area contributed by atoms with Gasteiger partial charge in [0.1, 0.15) is 17.2 Å². The molecule has 0 saturated carbocycles. The van der Waals surface area contributed by atoms with Crippen LogP contribution in [0.2, 0.25) is 0 Å². The molecular formula is C14H19FN4. The summed E-state index contributed by atoms with van der Waals surface area (Å²) in [6.45, 7) is 5.84. The van der Waals surface area contributed by atoms with Crippen molar-refractivity contribution in [1.29, 1.82) is 0 Å². The lowest BCUT2D eigenvalue weighted by Crippen LogP contribution is -2.12. The van der Waals surface area contributed by atoms with Crippen LogP contribution in [0.4, 0.5) is 4.39 Å². The highest BCUT2D eigenvalue weighted by molar-refractivity contribution is 5.37. The monoisotopic (exact) mass is 262 g/mol. The lowest BCUT2D eigenvalue weighted by atomic mass is 10.1. The maximum absolute atomic E-state index is 14.0. The minimum Gasteiger partial charge on any atom is -0.323 e. The third kappa shape index (κ3) is 2.51. The fraction of sp³-hybridized carbons (Fsp3) is 0.429. The Kier molecular flexibility index (Phi) is 3.95. The van der Waals surface area contributed by atoms with Gasteiger partial charge < -0.3 is 5.73 Å². The molecule has 0 bridgehead atoms. The predicted octanol–water partition coefficient (Wildman–Crippen LogP) is 2.69. The van der Waals surface area contributed by atoms with E-state index in [4.69, 9.17) is 5.73 Å². The first-order valence-corrected chi connectivity index (χ1v) is 6.55. The molecule has 4 nitrogen and oxygen atoms in total. The molecule has 102 valence electrons. The van der Waals surface area contributed by atoms with Gasteiger partial charge in [-0.3, -0.25) is 0 Å². The van der Waals surface area contributed by atoms with Crippen LogP contribution in [0.5, 0.6) is 0 Å². The van der Waals surface area contributed by atoms with Crippen LogP contribution in [0, 0.1) is 12.7 Å². The smallest absolute Gasteiger partial charge is 0.149 e. The Morgan fingerprint density at radius 1 is 1.37 bits per heavy atom. The van der Waals surface area contributed by atoms with E-state index in [1.165, 1.54) is 6.07 Å². The van der Waals surface area contributed by atoms with E-state index in [-0.39, 0.29) is 11.9 Å². The van der Waals surface area contributed by atoms with Gasteiger partial charge in [-0.1, -0.05) is 25.1 Å². The minimum absolute atomic E-state index is 0.155. The van der Waals surface area contributed by atoms with Crippen molar-refractivity contribution >= 4 is 0 Å². The first kappa shape index (κ1) is 13.7. The Labute approximate surface area is 112 Å². The molecular weight excluding hydrogens is 243 g/mol. The van der Waals surface area contributed by atoms with E-state index >= 15 is 0 Å². The molecule has 0 aliphatic rings. The van der Waals surface area contributed by atoms with Crippen molar-refractivity contribution in [3.05, 3.63) is 41.0 Å². The van der Waals surface area contributed by atoms with Gasteiger partial charge in [0.15, 0.2) is 0 Å². The zero-order valence-electron chi connectivity index (χ0n) is 11.5. The maximum atomic E-state index is 14.0. The molecule has 0 saturated heterocycles. The van der Waals surface area contributed by atoms with Crippen molar-refractivity contribution in [2.75, 3.05) is 0 Å². The molecule has 1 heterocycles. The van der Waals surface area contributed by atoms with Crippen molar-refractivity contribution < 1.29 is 4.39 Å². The lowest BCUT2D eigenvalue weighted by Gasteiger charge is -2.10. The van der Waals surface area contributed by atoms with Crippen LogP contribution in [0.1, 0.15) is 43.3 Å². The molecule has 1 aromatic heterocycles. The van der Waals surface area contributed by atoms with Crippen LogP contribution in [-0.2, 0) is 6.42 Å². The molecule has 5 heteroatoms. The first-order chi connectivity index (χ1) is 9.08. The van der Waals surface area contributed by atoms with Gasteiger partial charge in [-0.25, -0.2) is 9.07 Å². The van der Waals surface area contributed by atoms with E-state index in [1.807, 2.05) is 26.8 Å². The Morgan fingerprint density at radius 2 is 2.11 bits per heavy atom. The topological polar surface area (TPSA) is 56.7 Å². The summed E-state index contributed by atoms with van der Waals surface area (Å²) < 4.78 is 15.6. The minimum atomic E-state index is -0.295. The van der Waals surface area contributed by atoms with Gasteiger partial charge in [0.25, 0.3) is 0 Å². The van der Waals surface area contributed by atoms with Gasteiger partial charge in [-0.05, 0) is 37.5 Å². The van der Waals surface area contributed by atoms with Gasteiger partial charge in [0, 0.05) is 0 Å². The van der Waals surface area contributed by atoms with Crippen molar-refractivity contribution in [1.82, 2.24) is 15.0 Å². The largest absolute Gasteiger partial charge is 0.323 e. The summed E-state index contributed by atoms with van der Waals surface area (Å²) in [5, 5.41) is 8.18. The van der Waals surface area contributed by atoms with Gasteiger partial charge in [0.2, 0.25) is 0 Å². The predicted molar refractivity (Wildman–Crippen MR) is 72.7 cm³/mol. The van der Waals surface area contributed by atoms with Crippen molar-refractivity contribution in [3.63, 3.8) is 0 Å². The summed E-state index contributed by atoms with van der Waals surface area (Å²) in [5.41, 5.74) is 8.94. The summed E-state index contributed by atoms with van der Waals surface area (Å²) in [4.78, 5) is 0. The number of halogens is 1. The molecule has 1 atom stereocenters. The zero-order valence-corrected chi connectivity index (χ0v) is 11.5. The summed E-state index contributed by atoms with van der Waals surface area (Å²) >= 11 is 0. The molecule has 2 N–H and O–H groups in total. The molecule has 0 aliphatic heterocycles. The molecule has 0 spiro atoms. The molecule has 0 aliphatic carbocycles. The van der Waals surface area contributed by atoms with Gasteiger partial charge >= 0.3 is 0 Å². The van der Waals surface area contributed by atoms with Gasteiger partial charge in [0.05, 0.1) is 11.7 Å². The number of aromatic nitrogens is 3. The quantitative estimate of drug-likeness (QED) is 0.921. The molecule has 0 radical (unpaired) electrons. The van der Waals surface area contributed by atoms with E-state index in [9.17, 15) is 4.39 Å². The molecule has 1 unspecified atom stereocenters. The van der Waals surface area contributed by atoms with E-state index < -0.39 is 0 Å². The standard InChI is InChI=1S/C14H19FN4/c1-4-11(16)14-12(5-2)19(18-17-14)13-7-6-9(3)8-10(13)15/h6-8,11H,4-5,16H2,1-3H3. The summed E-state index contributed by atoms with van der Waals surface area (Å²) in [6, 6.07) is 4.92. The van der Waals surface area contributed by atoms with E-state index in [2.05, 4.69) is 10.3 Å². The van der Waals surface area contributed by atoms with Crippen LogP contribution in [-0.4, -0.2) is 15.0 Å². The van der Waals surface area contributed by atoms with Crippen molar-refractivity contribution in [2.45, 2.75) is 39.7 Å². The number of hydrogen-bond donors (Lipinski definition) is 1. The summed E-state index contributed by atoms with van der Waals surface area (Å²) in [7, 11) is 0. The lowest BCUT2D eigenvalue weighted by molar-refractivity contribution is 0.601. The van der Waals surface area contributed by atoms with Crippen LogP contribution in [0.15, 0.2) is 18.2 Å². The number of hydrogen-bond acceptors (Lipinski definition) is 3. The highest BCUT2D eigenvalue weighted by Gasteiger charge is 2.18. The van der Waals surface area contributed by atoms with Crippen molar-refractivity contribution in [3.8, 4) is 5.69 Å². The second kappa shape index (κ2) is 5.48. The fourth-order valence-corrected chi connectivity index (χ4v) is 2.10. The summed E-state index contributed by atoms with van der Waals surface area (Å²) in [6.07, 6.45) is 1.49. The van der Waals surface area contributed by atoms with Gasteiger partial charge in [-0.2, -0.15) is 0 Å². The second-order valence-electron chi connectivity index (χ2n) is 4.66. The highest BCUT2D eigenvalue weighted by atomic mass is 19.1. The molecule has 2 aromatic rings. The normalized spacial score (nSPS) is 12.7. The van der Waals surface area contributed by atoms with E-state index in [1.54, 1.807) is 10.7 Å². The average molecular weight is 262 g/mol. The Balaban J connectivity index is 2.53. The number of rotatable bonds is 4. The first-order valence-electron chi connectivity index (χ1n) is 6.55. The summed E-state index contributed by atoms with van der Waals surface area (Å²) in [5.74, 6) is -0.295. The number of nitrogens with zero attached hydrogens (tertiary/aromatic N) is 3. The molecule has 0 amide bonds. The van der Waals surface area contributed by atoms with E-state index in [0.29, 0.717) is 12.1 Å². The second-order valence-corrected chi connectivity index (χ2v) is 4.66. The maximum Gasteiger partial charge on any atom is 0.149 e. The third-order valence-electron chi connectivity index (χ3n) is 3.25. The van der Waals surface area contributed by atoms with Crippen LogP contribution < -0.4 is 5.73 Å². The van der Waals surface area contributed by atoms with Crippen LogP contribution in [0.25, 0.3) is 5.69 Å². The number of aryl methyl sites for hydroxylation is 1. The van der Waals surface area contributed by atoms with Crippen LogP contribution in [0.3, 0.4) is 0 Å². The Morgan fingerprint density at radius 3 is 2.68 bits per heavy atom. The molecule has 1 aromatic carbocycles. The number of nitrogens with two attached hydrogens (primary N) is 1. The SMILES string of the molecule is CCc1c(C(N)CC)nnn1-c1ccc(C)cc1F. The van der Waals surface area contributed by atoms with E-state index in [0.717, 1.165) is 23.4 Å². The number of benzene rings is 1. The highest BCUT2D eigenvalue weighted by Crippen LogP contribution is 2.22. The fourth-order valence-electron chi connectivity index (χ4n) is 2.10. The Hall–Kier alpha value is -1.75. The third-order valence-corrected chi connectivity index (χ3v) is 3.25. The molecule has 2 rings (SSSR count). The Bertz CT molecular complexity index is 577.